The molecule has 0 fully saturated rings. The summed E-state index contributed by atoms with van der Waals surface area (Å²) in [6.45, 7) is 5.15. The maximum Gasteiger partial charge on any atom is 0.328 e. The van der Waals surface area contributed by atoms with Crippen LogP contribution in [0.3, 0.4) is 0 Å². The van der Waals surface area contributed by atoms with Crippen LogP contribution >= 0.6 is 0 Å². The molecule has 0 aliphatic rings. The van der Waals surface area contributed by atoms with E-state index in [4.69, 9.17) is 9.84 Å². The number of carboxylic acid groups (broad SMARTS) is 1. The van der Waals surface area contributed by atoms with E-state index in [9.17, 15) is 4.79 Å². The van der Waals surface area contributed by atoms with Crippen molar-refractivity contribution in [3.05, 3.63) is 35.9 Å². The van der Waals surface area contributed by atoms with E-state index in [1.54, 1.807) is 6.08 Å². The van der Waals surface area contributed by atoms with Gasteiger partial charge >= 0.3 is 5.97 Å². The van der Waals surface area contributed by atoms with Crippen LogP contribution in [-0.4, -0.2) is 17.7 Å². The minimum Gasteiger partial charge on any atom is -0.493 e. The van der Waals surface area contributed by atoms with Crippen LogP contribution < -0.4 is 4.74 Å². The zero-order chi connectivity index (χ0) is 14.8. The largest absolute Gasteiger partial charge is 0.493 e. The van der Waals surface area contributed by atoms with E-state index in [-0.39, 0.29) is 0 Å². The molecule has 1 atom stereocenters. The minimum absolute atomic E-state index is 0.613. The molecule has 0 spiro atoms. The molecule has 0 amide bonds. The van der Waals surface area contributed by atoms with E-state index in [0.717, 1.165) is 30.4 Å². The number of aliphatic carboxylic acids is 1. The number of hydrogen-bond acceptors (Lipinski definition) is 2. The zero-order valence-electron chi connectivity index (χ0n) is 12.3. The second-order valence-corrected chi connectivity index (χ2v) is 4.97. The van der Waals surface area contributed by atoms with Gasteiger partial charge in [0.1, 0.15) is 5.75 Å². The molecule has 1 aromatic rings. The normalized spacial score (nSPS) is 12.5. The first-order valence-electron chi connectivity index (χ1n) is 7.29. The fourth-order valence-corrected chi connectivity index (χ4v) is 1.95. The van der Waals surface area contributed by atoms with Gasteiger partial charge in [-0.05, 0) is 36.1 Å². The molecule has 0 aromatic heterocycles. The molecule has 0 aliphatic heterocycles. The van der Waals surface area contributed by atoms with Gasteiger partial charge in [0.2, 0.25) is 0 Å². The molecule has 0 saturated carbocycles. The predicted molar refractivity (Wildman–Crippen MR) is 81.9 cm³/mol. The first kappa shape index (κ1) is 16.3. The van der Waals surface area contributed by atoms with Crippen molar-refractivity contribution in [3.63, 3.8) is 0 Å². The highest BCUT2D eigenvalue weighted by Gasteiger charge is 2.06. The Morgan fingerprint density at radius 3 is 2.55 bits per heavy atom. The van der Waals surface area contributed by atoms with Gasteiger partial charge in [0.15, 0.2) is 0 Å². The van der Waals surface area contributed by atoms with E-state index in [1.807, 2.05) is 24.3 Å². The van der Waals surface area contributed by atoms with E-state index >= 15 is 0 Å². The van der Waals surface area contributed by atoms with Crippen LogP contribution in [-0.2, 0) is 4.79 Å². The highest BCUT2D eigenvalue weighted by atomic mass is 16.5. The molecule has 1 unspecified atom stereocenters. The van der Waals surface area contributed by atoms with Gasteiger partial charge in [0.25, 0.3) is 0 Å². The number of unbranched alkanes of at least 4 members (excludes halogenated alkanes) is 1. The highest BCUT2D eigenvalue weighted by Crippen LogP contribution is 2.17. The van der Waals surface area contributed by atoms with Crippen molar-refractivity contribution in [2.24, 2.45) is 5.92 Å². The fourth-order valence-electron chi connectivity index (χ4n) is 1.95. The average Bonchev–Trinajstić information content (AvgIpc) is 2.46. The van der Waals surface area contributed by atoms with Gasteiger partial charge in [-0.3, -0.25) is 0 Å². The summed E-state index contributed by atoms with van der Waals surface area (Å²) in [5.74, 6) is 0.515. The van der Waals surface area contributed by atoms with Gasteiger partial charge in [-0.1, -0.05) is 45.2 Å². The first-order chi connectivity index (χ1) is 9.65. The number of hydrogen-bond donors (Lipinski definition) is 1. The molecular weight excluding hydrogens is 252 g/mol. The lowest BCUT2D eigenvalue weighted by Crippen LogP contribution is -2.11. The van der Waals surface area contributed by atoms with Gasteiger partial charge in [-0.15, -0.1) is 0 Å². The third kappa shape index (κ3) is 6.41. The molecule has 0 saturated heterocycles. The number of ether oxygens (including phenoxy) is 1. The zero-order valence-corrected chi connectivity index (χ0v) is 12.3. The van der Waals surface area contributed by atoms with Crippen molar-refractivity contribution >= 4 is 12.0 Å². The third-order valence-electron chi connectivity index (χ3n) is 3.33. The van der Waals surface area contributed by atoms with Crippen molar-refractivity contribution in [2.75, 3.05) is 6.61 Å². The summed E-state index contributed by atoms with van der Waals surface area (Å²) in [4.78, 5) is 10.4. The van der Waals surface area contributed by atoms with Crippen molar-refractivity contribution < 1.29 is 14.6 Å². The van der Waals surface area contributed by atoms with E-state index in [2.05, 4.69) is 13.8 Å². The van der Waals surface area contributed by atoms with Crippen molar-refractivity contribution in [1.29, 1.82) is 0 Å². The summed E-state index contributed by atoms with van der Waals surface area (Å²) >= 11 is 0. The Hall–Kier alpha value is -1.77. The number of rotatable bonds is 9. The van der Waals surface area contributed by atoms with Crippen LogP contribution in [0.2, 0.25) is 0 Å². The smallest absolute Gasteiger partial charge is 0.328 e. The second kappa shape index (κ2) is 9.18. The summed E-state index contributed by atoms with van der Waals surface area (Å²) in [7, 11) is 0. The molecule has 1 aromatic carbocycles. The summed E-state index contributed by atoms with van der Waals surface area (Å²) < 4.78 is 5.80. The molecule has 110 valence electrons. The summed E-state index contributed by atoms with van der Waals surface area (Å²) in [5.41, 5.74) is 0.859. The van der Waals surface area contributed by atoms with Crippen LogP contribution in [0.15, 0.2) is 30.3 Å². The van der Waals surface area contributed by atoms with Gasteiger partial charge in [0, 0.05) is 6.08 Å². The van der Waals surface area contributed by atoms with Crippen molar-refractivity contribution in [2.45, 2.75) is 39.5 Å². The van der Waals surface area contributed by atoms with Gasteiger partial charge in [-0.2, -0.15) is 0 Å². The molecule has 1 rings (SSSR count). The maximum atomic E-state index is 10.4. The van der Waals surface area contributed by atoms with Crippen LogP contribution in [0.1, 0.15) is 45.1 Å². The lowest BCUT2D eigenvalue weighted by Gasteiger charge is -2.15. The van der Waals surface area contributed by atoms with E-state index in [0.29, 0.717) is 5.92 Å². The van der Waals surface area contributed by atoms with Crippen molar-refractivity contribution in [1.82, 2.24) is 0 Å². The summed E-state index contributed by atoms with van der Waals surface area (Å²) in [6.07, 6.45) is 7.53. The Bertz CT molecular complexity index is 420. The molecule has 1 N–H and O–H groups in total. The van der Waals surface area contributed by atoms with Gasteiger partial charge in [-0.25, -0.2) is 4.79 Å². The monoisotopic (exact) mass is 276 g/mol. The quantitative estimate of drug-likeness (QED) is 0.681. The van der Waals surface area contributed by atoms with E-state index < -0.39 is 5.97 Å². The lowest BCUT2D eigenvalue weighted by molar-refractivity contribution is -0.131. The first-order valence-corrected chi connectivity index (χ1v) is 7.29. The maximum absolute atomic E-state index is 10.4. The molecule has 0 radical (unpaired) electrons. The lowest BCUT2D eigenvalue weighted by atomic mass is 10.0. The molecule has 0 heterocycles. The summed E-state index contributed by atoms with van der Waals surface area (Å²) in [6, 6.07) is 7.49. The minimum atomic E-state index is -0.938. The molecule has 0 aliphatic carbocycles. The van der Waals surface area contributed by atoms with Crippen LogP contribution in [0.5, 0.6) is 5.75 Å². The Labute approximate surface area is 121 Å². The second-order valence-electron chi connectivity index (χ2n) is 4.97. The standard InChI is InChI=1S/C17H24O3/c1-3-5-6-14(4-2)13-20-16-10-7-15(8-11-16)9-12-17(18)19/h7-12,14H,3-6,13H2,1-2H3,(H,18,19). The van der Waals surface area contributed by atoms with Gasteiger partial charge < -0.3 is 9.84 Å². The average molecular weight is 276 g/mol. The molecule has 20 heavy (non-hydrogen) atoms. The van der Waals surface area contributed by atoms with Crippen LogP contribution in [0.25, 0.3) is 6.08 Å². The topological polar surface area (TPSA) is 46.5 Å². The molecule has 3 heteroatoms. The van der Waals surface area contributed by atoms with Gasteiger partial charge in [0.05, 0.1) is 6.61 Å². The predicted octanol–water partition coefficient (Wildman–Crippen LogP) is 4.38. The highest BCUT2D eigenvalue weighted by molar-refractivity contribution is 5.85. The third-order valence-corrected chi connectivity index (χ3v) is 3.33. The number of benzene rings is 1. The van der Waals surface area contributed by atoms with Crippen LogP contribution in [0, 0.1) is 5.92 Å². The number of carboxylic acids is 1. The number of carbonyl (C=O) groups is 1. The Morgan fingerprint density at radius 1 is 1.30 bits per heavy atom. The SMILES string of the molecule is CCCCC(CC)COc1ccc(C=CC(=O)O)cc1. The molecular formula is C17H24O3. The molecule has 0 bridgehead atoms. The Kier molecular flexibility index (Phi) is 7.48. The summed E-state index contributed by atoms with van der Waals surface area (Å²) in [5, 5.41) is 8.56. The fraction of sp³-hybridized carbons (Fsp3) is 0.471. The Balaban J connectivity index is 2.46. The van der Waals surface area contributed by atoms with E-state index in [1.165, 1.54) is 19.3 Å². The van der Waals surface area contributed by atoms with Crippen molar-refractivity contribution in [3.8, 4) is 5.75 Å². The Morgan fingerprint density at radius 2 is 2.00 bits per heavy atom. The van der Waals surface area contributed by atoms with Crippen LogP contribution in [0.4, 0.5) is 0 Å². The molecule has 3 nitrogen and oxygen atoms in total.